The average molecular weight is 278 g/mol. The van der Waals surface area contributed by atoms with E-state index in [1.807, 2.05) is 12.1 Å². The highest BCUT2D eigenvalue weighted by atomic mass is 16.7. The topological polar surface area (TPSA) is 54.0 Å². The minimum Gasteiger partial charge on any atom is -0.467 e. The highest BCUT2D eigenvalue weighted by Gasteiger charge is 2.20. The van der Waals surface area contributed by atoms with E-state index in [-0.39, 0.29) is 19.4 Å². The zero-order chi connectivity index (χ0) is 14.4. The van der Waals surface area contributed by atoms with Gasteiger partial charge >= 0.3 is 0 Å². The number of ether oxygens (including phenoxy) is 4. The molecule has 0 saturated carbocycles. The molecular weight excluding hydrogens is 260 g/mol. The third-order valence-electron chi connectivity index (χ3n) is 2.94. The summed E-state index contributed by atoms with van der Waals surface area (Å²) in [7, 11) is 3.10. The van der Waals surface area contributed by atoms with Crippen LogP contribution >= 0.6 is 0 Å². The lowest BCUT2D eigenvalue weighted by Gasteiger charge is -2.13. The minimum atomic E-state index is 0.113. The third kappa shape index (κ3) is 3.37. The summed E-state index contributed by atoms with van der Waals surface area (Å²) >= 11 is 0. The van der Waals surface area contributed by atoms with Gasteiger partial charge in [-0.15, -0.1) is 0 Å². The Labute approximate surface area is 118 Å². The second-order valence-corrected chi connectivity index (χ2v) is 4.34. The number of allylic oxidation sites excluding steroid dienone is 2. The molecule has 0 amide bonds. The molecule has 0 fully saturated rings. The van der Waals surface area contributed by atoms with Crippen LogP contribution in [0.4, 0.5) is 0 Å². The molecule has 1 aliphatic rings. The van der Waals surface area contributed by atoms with Crippen LogP contribution in [-0.2, 0) is 14.3 Å². The lowest BCUT2D eigenvalue weighted by molar-refractivity contribution is -0.113. The first kappa shape index (κ1) is 14.6. The van der Waals surface area contributed by atoms with Crippen LogP contribution in [0, 0.1) is 0 Å². The first-order valence-electron chi connectivity index (χ1n) is 6.37. The number of hydrogen-bond acceptors (Lipinski definition) is 5. The lowest BCUT2D eigenvalue weighted by Crippen LogP contribution is -2.05. The molecule has 1 aromatic rings. The first-order chi connectivity index (χ1) is 9.76. The molecule has 0 heterocycles. The molecule has 0 aliphatic heterocycles. The molecule has 5 heteroatoms. The van der Waals surface area contributed by atoms with Crippen LogP contribution < -0.4 is 9.47 Å². The van der Waals surface area contributed by atoms with E-state index in [1.54, 1.807) is 26.4 Å². The van der Waals surface area contributed by atoms with Crippen molar-refractivity contribution in [2.45, 2.75) is 12.8 Å². The summed E-state index contributed by atoms with van der Waals surface area (Å²) in [5, 5.41) is 0. The van der Waals surface area contributed by atoms with E-state index in [1.165, 1.54) is 0 Å². The second-order valence-electron chi connectivity index (χ2n) is 4.34. The van der Waals surface area contributed by atoms with Gasteiger partial charge in [0.2, 0.25) is 0 Å². The van der Waals surface area contributed by atoms with Crippen molar-refractivity contribution in [2.75, 3.05) is 27.8 Å². The van der Waals surface area contributed by atoms with Crippen molar-refractivity contribution in [1.29, 1.82) is 0 Å². The lowest BCUT2D eigenvalue weighted by atomic mass is 10.0. The van der Waals surface area contributed by atoms with Crippen molar-refractivity contribution in [3.05, 3.63) is 29.8 Å². The third-order valence-corrected chi connectivity index (χ3v) is 2.94. The quantitative estimate of drug-likeness (QED) is 0.717. The molecule has 2 rings (SSSR count). The molecule has 0 saturated heterocycles. The number of carbonyl (C=O) groups excluding carboxylic acids is 1. The van der Waals surface area contributed by atoms with Gasteiger partial charge in [0, 0.05) is 37.8 Å². The molecule has 0 N–H and O–H groups in total. The Morgan fingerprint density at radius 3 is 2.50 bits per heavy atom. The van der Waals surface area contributed by atoms with E-state index in [0.717, 1.165) is 12.0 Å². The van der Waals surface area contributed by atoms with Gasteiger partial charge in [0.1, 0.15) is 11.5 Å². The number of carbonyl (C=O) groups is 1. The van der Waals surface area contributed by atoms with Crippen molar-refractivity contribution in [2.24, 2.45) is 0 Å². The van der Waals surface area contributed by atoms with E-state index in [0.29, 0.717) is 23.5 Å². The number of methoxy groups -OCH3 is 2. The van der Waals surface area contributed by atoms with Crippen molar-refractivity contribution in [3.8, 4) is 11.5 Å². The Hall–Kier alpha value is -1.85. The maximum atomic E-state index is 11.9. The number of ketones is 1. The summed E-state index contributed by atoms with van der Waals surface area (Å²) in [6.07, 6.45) is 3.27. The van der Waals surface area contributed by atoms with Crippen LogP contribution in [0.15, 0.2) is 24.3 Å². The fourth-order valence-electron chi connectivity index (χ4n) is 2.04. The molecule has 0 unspecified atom stereocenters. The summed E-state index contributed by atoms with van der Waals surface area (Å²) in [6.45, 7) is 0.271. The smallest absolute Gasteiger partial charge is 0.188 e. The van der Waals surface area contributed by atoms with Crippen LogP contribution in [0.3, 0.4) is 0 Å². The number of Topliss-reactive ketones (excluding diaryl/α,β-unsaturated/α-hetero) is 1. The molecule has 0 radical (unpaired) electrons. The summed E-state index contributed by atoms with van der Waals surface area (Å²) in [5.41, 5.74) is 1.48. The van der Waals surface area contributed by atoms with Crippen LogP contribution in [0.2, 0.25) is 0 Å². The summed E-state index contributed by atoms with van der Waals surface area (Å²) in [4.78, 5) is 11.9. The monoisotopic (exact) mass is 278 g/mol. The van der Waals surface area contributed by atoms with Crippen molar-refractivity contribution >= 4 is 11.4 Å². The molecule has 108 valence electrons. The van der Waals surface area contributed by atoms with Gasteiger partial charge in [-0.25, -0.2) is 0 Å². The van der Waals surface area contributed by atoms with Gasteiger partial charge in [0.25, 0.3) is 0 Å². The van der Waals surface area contributed by atoms with Gasteiger partial charge < -0.3 is 18.9 Å². The number of benzene rings is 1. The molecule has 0 atom stereocenters. The number of hydrogen-bond donors (Lipinski definition) is 0. The average Bonchev–Trinajstić information content (AvgIpc) is 2.89. The standard InChI is InChI=1S/C15H18O5/c1-17-9-19-11-6-7-13(12-4-3-5-14(12)16)15(8-11)20-10-18-2/h4,6-8H,3,5,9-10H2,1-2H3. The van der Waals surface area contributed by atoms with E-state index in [9.17, 15) is 4.79 Å². The summed E-state index contributed by atoms with van der Waals surface area (Å²) in [6, 6.07) is 5.35. The molecule has 1 aliphatic carbocycles. The van der Waals surface area contributed by atoms with Crippen LogP contribution in [0.5, 0.6) is 11.5 Å². The Kier molecular flexibility index (Phi) is 5.15. The van der Waals surface area contributed by atoms with Crippen LogP contribution in [0.1, 0.15) is 18.4 Å². The predicted molar refractivity (Wildman–Crippen MR) is 73.7 cm³/mol. The van der Waals surface area contributed by atoms with Gasteiger partial charge in [0.05, 0.1) is 0 Å². The summed E-state index contributed by atoms with van der Waals surface area (Å²) < 4.78 is 20.7. The Morgan fingerprint density at radius 1 is 1.10 bits per heavy atom. The van der Waals surface area contributed by atoms with E-state index < -0.39 is 0 Å². The van der Waals surface area contributed by atoms with Crippen LogP contribution in [0.25, 0.3) is 5.57 Å². The number of rotatable bonds is 7. The van der Waals surface area contributed by atoms with Crippen molar-refractivity contribution < 1.29 is 23.7 Å². The molecule has 0 bridgehead atoms. The Bertz CT molecular complexity index is 507. The van der Waals surface area contributed by atoms with Gasteiger partial charge in [-0.05, 0) is 18.6 Å². The molecule has 1 aromatic carbocycles. The Morgan fingerprint density at radius 2 is 1.85 bits per heavy atom. The first-order valence-corrected chi connectivity index (χ1v) is 6.37. The zero-order valence-electron chi connectivity index (χ0n) is 11.7. The zero-order valence-corrected chi connectivity index (χ0v) is 11.7. The van der Waals surface area contributed by atoms with Gasteiger partial charge in [0.15, 0.2) is 19.4 Å². The molecule has 0 spiro atoms. The normalized spacial score (nSPS) is 14.3. The molecular formula is C15H18O5. The molecule has 5 nitrogen and oxygen atoms in total. The van der Waals surface area contributed by atoms with Gasteiger partial charge in [-0.2, -0.15) is 0 Å². The SMILES string of the molecule is COCOc1ccc(C2=CCCC2=O)c(OCOC)c1. The fourth-order valence-corrected chi connectivity index (χ4v) is 2.04. The predicted octanol–water partition coefficient (Wildman–Crippen LogP) is 2.40. The van der Waals surface area contributed by atoms with Crippen molar-refractivity contribution in [3.63, 3.8) is 0 Å². The van der Waals surface area contributed by atoms with Crippen molar-refractivity contribution in [1.82, 2.24) is 0 Å². The van der Waals surface area contributed by atoms with Gasteiger partial charge in [-0.3, -0.25) is 4.79 Å². The fraction of sp³-hybridized carbons (Fsp3) is 0.400. The van der Waals surface area contributed by atoms with Crippen LogP contribution in [-0.4, -0.2) is 33.6 Å². The highest BCUT2D eigenvalue weighted by Crippen LogP contribution is 2.34. The summed E-state index contributed by atoms with van der Waals surface area (Å²) in [5.74, 6) is 1.33. The molecule has 20 heavy (non-hydrogen) atoms. The van der Waals surface area contributed by atoms with Gasteiger partial charge in [-0.1, -0.05) is 6.08 Å². The van der Waals surface area contributed by atoms with E-state index >= 15 is 0 Å². The molecule has 0 aromatic heterocycles. The largest absolute Gasteiger partial charge is 0.467 e. The maximum absolute atomic E-state index is 11.9. The minimum absolute atomic E-state index is 0.113. The maximum Gasteiger partial charge on any atom is 0.188 e. The van der Waals surface area contributed by atoms with E-state index in [4.69, 9.17) is 18.9 Å². The van der Waals surface area contributed by atoms with E-state index in [2.05, 4.69) is 0 Å². The Balaban J connectivity index is 2.27. The second kappa shape index (κ2) is 7.07. The highest BCUT2D eigenvalue weighted by molar-refractivity contribution is 6.23.